The third kappa shape index (κ3) is 2.17. The first-order valence-corrected chi connectivity index (χ1v) is 4.30. The standard InChI is InChI=1S/C9H6ClN3O/c10-9-12-6-4-8(13-9)14-7-3-1-2-5-11-7/h1-6H. The largest absolute Gasteiger partial charge is 0.421 e. The first-order chi connectivity index (χ1) is 6.84. The molecule has 0 aliphatic carbocycles. The highest BCUT2D eigenvalue weighted by atomic mass is 35.5. The van der Waals surface area contributed by atoms with Gasteiger partial charge in [0, 0.05) is 24.5 Å². The van der Waals surface area contributed by atoms with E-state index in [4.69, 9.17) is 16.3 Å². The van der Waals surface area contributed by atoms with Crippen LogP contribution in [0.25, 0.3) is 0 Å². The molecule has 2 rings (SSSR count). The summed E-state index contributed by atoms with van der Waals surface area (Å²) in [7, 11) is 0. The number of rotatable bonds is 2. The van der Waals surface area contributed by atoms with Gasteiger partial charge in [0.25, 0.3) is 0 Å². The summed E-state index contributed by atoms with van der Waals surface area (Å²) in [6.07, 6.45) is 3.16. The van der Waals surface area contributed by atoms with Gasteiger partial charge in [-0.25, -0.2) is 9.97 Å². The van der Waals surface area contributed by atoms with Crippen LogP contribution >= 0.6 is 11.6 Å². The molecule has 5 heteroatoms. The van der Waals surface area contributed by atoms with Crippen LogP contribution < -0.4 is 4.74 Å². The zero-order valence-corrected chi connectivity index (χ0v) is 7.85. The summed E-state index contributed by atoms with van der Waals surface area (Å²) in [6.45, 7) is 0. The molecule has 14 heavy (non-hydrogen) atoms. The van der Waals surface area contributed by atoms with Gasteiger partial charge in [-0.05, 0) is 17.7 Å². The minimum Gasteiger partial charge on any atom is -0.421 e. The van der Waals surface area contributed by atoms with Crippen molar-refractivity contribution in [3.05, 3.63) is 41.9 Å². The van der Waals surface area contributed by atoms with E-state index in [0.29, 0.717) is 11.8 Å². The maximum Gasteiger partial charge on any atom is 0.225 e. The van der Waals surface area contributed by atoms with Gasteiger partial charge in [-0.2, -0.15) is 4.98 Å². The average Bonchev–Trinajstić information content (AvgIpc) is 2.19. The third-order valence-corrected chi connectivity index (χ3v) is 1.63. The Morgan fingerprint density at radius 3 is 2.64 bits per heavy atom. The maximum atomic E-state index is 5.59. The van der Waals surface area contributed by atoms with Gasteiger partial charge < -0.3 is 4.74 Å². The molecule has 2 aromatic rings. The molecule has 0 fully saturated rings. The molecule has 0 saturated heterocycles. The van der Waals surface area contributed by atoms with Crippen LogP contribution in [-0.2, 0) is 0 Å². The molecular formula is C9H6ClN3O. The minimum absolute atomic E-state index is 0.151. The maximum absolute atomic E-state index is 5.59. The van der Waals surface area contributed by atoms with Crippen LogP contribution in [0, 0.1) is 0 Å². The van der Waals surface area contributed by atoms with Crippen LogP contribution in [0.2, 0.25) is 5.28 Å². The fraction of sp³-hybridized carbons (Fsp3) is 0. The SMILES string of the molecule is Clc1nccc(Oc2ccccn2)n1. The highest BCUT2D eigenvalue weighted by molar-refractivity contribution is 6.28. The molecule has 0 N–H and O–H groups in total. The molecule has 0 aromatic carbocycles. The minimum atomic E-state index is 0.151. The summed E-state index contributed by atoms with van der Waals surface area (Å²) >= 11 is 5.59. The number of ether oxygens (including phenoxy) is 1. The van der Waals surface area contributed by atoms with Crippen molar-refractivity contribution in [1.82, 2.24) is 15.0 Å². The van der Waals surface area contributed by atoms with E-state index >= 15 is 0 Å². The van der Waals surface area contributed by atoms with Crippen molar-refractivity contribution < 1.29 is 4.74 Å². The van der Waals surface area contributed by atoms with Crippen molar-refractivity contribution in [3.8, 4) is 11.8 Å². The Morgan fingerprint density at radius 1 is 1.00 bits per heavy atom. The second kappa shape index (κ2) is 4.02. The summed E-state index contributed by atoms with van der Waals surface area (Å²) in [5, 5.41) is 0.151. The second-order valence-corrected chi connectivity index (χ2v) is 2.77. The molecule has 2 aromatic heterocycles. The number of halogens is 1. The Balaban J connectivity index is 2.19. The van der Waals surface area contributed by atoms with E-state index in [1.807, 2.05) is 6.07 Å². The predicted octanol–water partition coefficient (Wildman–Crippen LogP) is 2.32. The van der Waals surface area contributed by atoms with Gasteiger partial charge >= 0.3 is 0 Å². The second-order valence-electron chi connectivity index (χ2n) is 2.43. The number of nitrogens with zero attached hydrogens (tertiary/aromatic N) is 3. The van der Waals surface area contributed by atoms with Gasteiger partial charge in [0.05, 0.1) is 0 Å². The molecule has 0 saturated carbocycles. The number of aromatic nitrogens is 3. The molecule has 0 aliphatic heterocycles. The number of hydrogen-bond acceptors (Lipinski definition) is 4. The van der Waals surface area contributed by atoms with Gasteiger partial charge in [-0.15, -0.1) is 0 Å². The quantitative estimate of drug-likeness (QED) is 0.709. The van der Waals surface area contributed by atoms with E-state index in [1.54, 1.807) is 24.4 Å². The van der Waals surface area contributed by atoms with Gasteiger partial charge in [-0.3, -0.25) is 0 Å². The summed E-state index contributed by atoms with van der Waals surface area (Å²) in [5.74, 6) is 0.853. The van der Waals surface area contributed by atoms with Crippen LogP contribution in [0.15, 0.2) is 36.7 Å². The van der Waals surface area contributed by atoms with Gasteiger partial charge in [0.15, 0.2) is 0 Å². The van der Waals surface area contributed by atoms with E-state index in [-0.39, 0.29) is 5.28 Å². The fourth-order valence-corrected chi connectivity index (χ4v) is 1.03. The van der Waals surface area contributed by atoms with E-state index in [0.717, 1.165) is 0 Å². The molecule has 0 amide bonds. The summed E-state index contributed by atoms with van der Waals surface area (Å²) in [6, 6.07) is 6.97. The van der Waals surface area contributed by atoms with Gasteiger partial charge in [0.1, 0.15) is 0 Å². The summed E-state index contributed by atoms with van der Waals surface area (Å²) in [5.41, 5.74) is 0. The topological polar surface area (TPSA) is 47.9 Å². The first-order valence-electron chi connectivity index (χ1n) is 3.92. The Bertz CT molecular complexity index is 421. The summed E-state index contributed by atoms with van der Waals surface area (Å²) in [4.78, 5) is 11.6. The van der Waals surface area contributed by atoms with Crippen LogP contribution in [0.3, 0.4) is 0 Å². The van der Waals surface area contributed by atoms with E-state index in [2.05, 4.69) is 15.0 Å². The normalized spacial score (nSPS) is 9.79. The van der Waals surface area contributed by atoms with Crippen LogP contribution in [0.5, 0.6) is 11.8 Å². The van der Waals surface area contributed by atoms with E-state index in [1.165, 1.54) is 6.20 Å². The van der Waals surface area contributed by atoms with Gasteiger partial charge in [0.2, 0.25) is 17.0 Å². The molecule has 0 unspecified atom stereocenters. The first kappa shape index (κ1) is 8.90. The Hall–Kier alpha value is -1.68. The van der Waals surface area contributed by atoms with Crippen molar-refractivity contribution in [3.63, 3.8) is 0 Å². The monoisotopic (exact) mass is 207 g/mol. The van der Waals surface area contributed by atoms with Crippen LogP contribution in [-0.4, -0.2) is 15.0 Å². The molecule has 0 atom stereocenters. The van der Waals surface area contributed by atoms with Crippen LogP contribution in [0.1, 0.15) is 0 Å². The molecule has 0 bridgehead atoms. The van der Waals surface area contributed by atoms with Gasteiger partial charge in [-0.1, -0.05) is 6.07 Å². The molecule has 70 valence electrons. The highest BCUT2D eigenvalue weighted by Crippen LogP contribution is 2.16. The van der Waals surface area contributed by atoms with Crippen molar-refractivity contribution >= 4 is 11.6 Å². The zero-order chi connectivity index (χ0) is 9.80. The Labute approximate surface area is 85.6 Å². The molecule has 0 aliphatic rings. The molecule has 0 spiro atoms. The Kier molecular flexibility index (Phi) is 2.55. The molecular weight excluding hydrogens is 202 g/mol. The van der Waals surface area contributed by atoms with Crippen molar-refractivity contribution in [2.24, 2.45) is 0 Å². The predicted molar refractivity (Wildman–Crippen MR) is 51.4 cm³/mol. The molecule has 0 radical (unpaired) electrons. The van der Waals surface area contributed by atoms with Crippen LogP contribution in [0.4, 0.5) is 0 Å². The number of pyridine rings is 1. The van der Waals surface area contributed by atoms with Crippen molar-refractivity contribution in [2.45, 2.75) is 0 Å². The smallest absolute Gasteiger partial charge is 0.225 e. The third-order valence-electron chi connectivity index (χ3n) is 1.45. The lowest BCUT2D eigenvalue weighted by Gasteiger charge is -2.01. The fourth-order valence-electron chi connectivity index (χ4n) is 0.891. The lowest BCUT2D eigenvalue weighted by molar-refractivity contribution is 0.443. The lowest BCUT2D eigenvalue weighted by Crippen LogP contribution is -1.90. The van der Waals surface area contributed by atoms with Crippen molar-refractivity contribution in [2.75, 3.05) is 0 Å². The number of hydrogen-bond donors (Lipinski definition) is 0. The van der Waals surface area contributed by atoms with Crippen molar-refractivity contribution in [1.29, 1.82) is 0 Å². The zero-order valence-electron chi connectivity index (χ0n) is 7.09. The highest BCUT2D eigenvalue weighted by Gasteiger charge is 1.99. The molecule has 4 nitrogen and oxygen atoms in total. The van der Waals surface area contributed by atoms with E-state index < -0.39 is 0 Å². The van der Waals surface area contributed by atoms with E-state index in [9.17, 15) is 0 Å². The summed E-state index contributed by atoms with van der Waals surface area (Å²) < 4.78 is 5.31. The average molecular weight is 208 g/mol. The lowest BCUT2D eigenvalue weighted by atomic mass is 10.5. The molecule has 2 heterocycles. The Morgan fingerprint density at radius 2 is 1.93 bits per heavy atom.